The topological polar surface area (TPSA) is 30.5 Å². The SMILES string of the molecule is C#CCCOc1ccc(CNCCC)cc1OC. The molecule has 3 heteroatoms. The normalized spacial score (nSPS) is 9.83. The minimum Gasteiger partial charge on any atom is -0.493 e. The van der Waals surface area contributed by atoms with Crippen LogP contribution in [-0.2, 0) is 6.54 Å². The molecular formula is C15H21NO2. The highest BCUT2D eigenvalue weighted by Gasteiger charge is 2.05. The highest BCUT2D eigenvalue weighted by Crippen LogP contribution is 2.28. The third-order valence-electron chi connectivity index (χ3n) is 2.49. The van der Waals surface area contributed by atoms with E-state index >= 15 is 0 Å². The van der Waals surface area contributed by atoms with Crippen molar-refractivity contribution in [3.8, 4) is 23.8 Å². The van der Waals surface area contributed by atoms with Crippen LogP contribution < -0.4 is 14.8 Å². The maximum absolute atomic E-state index is 5.56. The van der Waals surface area contributed by atoms with E-state index in [1.165, 1.54) is 5.56 Å². The Bertz CT molecular complexity index is 396. The molecule has 1 rings (SSSR count). The van der Waals surface area contributed by atoms with Gasteiger partial charge in [0.2, 0.25) is 0 Å². The molecule has 0 aliphatic heterocycles. The van der Waals surface area contributed by atoms with Crippen molar-refractivity contribution in [3.63, 3.8) is 0 Å². The maximum atomic E-state index is 5.56. The summed E-state index contributed by atoms with van der Waals surface area (Å²) in [5.41, 5.74) is 1.18. The van der Waals surface area contributed by atoms with Crippen LogP contribution >= 0.6 is 0 Å². The van der Waals surface area contributed by atoms with Crippen LogP contribution in [0.4, 0.5) is 0 Å². The van der Waals surface area contributed by atoms with Gasteiger partial charge in [0.05, 0.1) is 13.7 Å². The Morgan fingerprint density at radius 1 is 1.33 bits per heavy atom. The summed E-state index contributed by atoms with van der Waals surface area (Å²) >= 11 is 0. The lowest BCUT2D eigenvalue weighted by Gasteiger charge is -2.11. The van der Waals surface area contributed by atoms with Crippen LogP contribution in [0, 0.1) is 12.3 Å². The summed E-state index contributed by atoms with van der Waals surface area (Å²) in [6.07, 6.45) is 6.92. The van der Waals surface area contributed by atoms with E-state index in [4.69, 9.17) is 15.9 Å². The first kappa shape index (κ1) is 14.4. The summed E-state index contributed by atoms with van der Waals surface area (Å²) in [7, 11) is 1.65. The molecule has 0 saturated heterocycles. The largest absolute Gasteiger partial charge is 0.493 e. The molecule has 0 aliphatic rings. The smallest absolute Gasteiger partial charge is 0.161 e. The number of terminal acetylenes is 1. The Morgan fingerprint density at radius 2 is 2.17 bits per heavy atom. The zero-order valence-corrected chi connectivity index (χ0v) is 11.2. The molecule has 3 nitrogen and oxygen atoms in total. The molecule has 0 spiro atoms. The molecule has 0 bridgehead atoms. The highest BCUT2D eigenvalue weighted by molar-refractivity contribution is 5.42. The van der Waals surface area contributed by atoms with Crippen LogP contribution in [0.2, 0.25) is 0 Å². The fourth-order valence-electron chi connectivity index (χ4n) is 1.57. The third kappa shape index (κ3) is 4.68. The summed E-state index contributed by atoms with van der Waals surface area (Å²) in [5, 5.41) is 3.35. The van der Waals surface area contributed by atoms with Crippen molar-refractivity contribution in [1.29, 1.82) is 0 Å². The molecule has 0 aromatic heterocycles. The van der Waals surface area contributed by atoms with Crippen molar-refractivity contribution in [2.75, 3.05) is 20.3 Å². The molecule has 1 aromatic carbocycles. The van der Waals surface area contributed by atoms with Gasteiger partial charge in [-0.25, -0.2) is 0 Å². The van der Waals surface area contributed by atoms with Gasteiger partial charge >= 0.3 is 0 Å². The average Bonchev–Trinajstić information content (AvgIpc) is 2.40. The number of methoxy groups -OCH3 is 1. The molecule has 1 N–H and O–H groups in total. The van der Waals surface area contributed by atoms with Crippen molar-refractivity contribution in [2.24, 2.45) is 0 Å². The number of hydrogen-bond acceptors (Lipinski definition) is 3. The lowest BCUT2D eigenvalue weighted by molar-refractivity contribution is 0.301. The van der Waals surface area contributed by atoms with Crippen LogP contribution in [0.5, 0.6) is 11.5 Å². The van der Waals surface area contributed by atoms with Gasteiger partial charge in [0, 0.05) is 13.0 Å². The van der Waals surface area contributed by atoms with E-state index in [0.29, 0.717) is 13.0 Å². The number of hydrogen-bond donors (Lipinski definition) is 1. The maximum Gasteiger partial charge on any atom is 0.161 e. The van der Waals surface area contributed by atoms with Crippen LogP contribution in [0.3, 0.4) is 0 Å². The van der Waals surface area contributed by atoms with E-state index in [1.54, 1.807) is 7.11 Å². The molecule has 0 radical (unpaired) electrons. The second-order valence-corrected chi connectivity index (χ2v) is 3.96. The fraction of sp³-hybridized carbons (Fsp3) is 0.467. The molecule has 18 heavy (non-hydrogen) atoms. The van der Waals surface area contributed by atoms with Crippen LogP contribution in [0.25, 0.3) is 0 Å². The molecule has 1 aromatic rings. The Labute approximate surface area is 109 Å². The first-order valence-electron chi connectivity index (χ1n) is 6.25. The van der Waals surface area contributed by atoms with E-state index in [9.17, 15) is 0 Å². The number of ether oxygens (including phenoxy) is 2. The summed E-state index contributed by atoms with van der Waals surface area (Å²) in [4.78, 5) is 0. The minimum absolute atomic E-state index is 0.514. The van der Waals surface area contributed by atoms with Crippen LogP contribution in [0.1, 0.15) is 25.3 Å². The Balaban J connectivity index is 2.61. The molecular weight excluding hydrogens is 226 g/mol. The van der Waals surface area contributed by atoms with Gasteiger partial charge in [-0.15, -0.1) is 12.3 Å². The molecule has 0 fully saturated rings. The van der Waals surface area contributed by atoms with Crippen LogP contribution in [-0.4, -0.2) is 20.3 Å². The highest BCUT2D eigenvalue weighted by atomic mass is 16.5. The van der Waals surface area contributed by atoms with Crippen molar-refractivity contribution < 1.29 is 9.47 Å². The predicted molar refractivity (Wildman–Crippen MR) is 73.9 cm³/mol. The Morgan fingerprint density at radius 3 is 2.83 bits per heavy atom. The van der Waals surface area contributed by atoms with E-state index in [0.717, 1.165) is 31.0 Å². The van der Waals surface area contributed by atoms with E-state index in [-0.39, 0.29) is 0 Å². The second-order valence-electron chi connectivity index (χ2n) is 3.96. The summed E-state index contributed by atoms with van der Waals surface area (Å²) in [5.74, 6) is 4.04. The summed E-state index contributed by atoms with van der Waals surface area (Å²) in [6.45, 7) is 4.52. The second kappa shape index (κ2) is 8.43. The zero-order valence-electron chi connectivity index (χ0n) is 11.2. The van der Waals surface area contributed by atoms with Gasteiger partial charge in [0.15, 0.2) is 11.5 Å². The van der Waals surface area contributed by atoms with Gasteiger partial charge in [-0.3, -0.25) is 0 Å². The summed E-state index contributed by atoms with van der Waals surface area (Å²) < 4.78 is 10.9. The molecule has 0 saturated carbocycles. The third-order valence-corrected chi connectivity index (χ3v) is 2.49. The standard InChI is InChI=1S/C15H21NO2/c1-4-6-10-18-14-8-7-13(11-15(14)17-3)12-16-9-5-2/h1,7-8,11,16H,5-6,9-10,12H2,2-3H3. The predicted octanol–water partition coefficient (Wildman–Crippen LogP) is 2.60. The summed E-state index contributed by atoms with van der Waals surface area (Å²) in [6, 6.07) is 5.96. The molecule has 0 aliphatic carbocycles. The fourth-order valence-corrected chi connectivity index (χ4v) is 1.57. The lowest BCUT2D eigenvalue weighted by atomic mass is 10.2. The molecule has 0 amide bonds. The molecule has 0 atom stereocenters. The van der Waals surface area contributed by atoms with Crippen LogP contribution in [0.15, 0.2) is 18.2 Å². The molecule has 98 valence electrons. The van der Waals surface area contributed by atoms with Gasteiger partial charge in [0.1, 0.15) is 0 Å². The van der Waals surface area contributed by atoms with Crippen molar-refractivity contribution in [2.45, 2.75) is 26.3 Å². The van der Waals surface area contributed by atoms with Crippen molar-refractivity contribution in [1.82, 2.24) is 5.32 Å². The number of rotatable bonds is 8. The average molecular weight is 247 g/mol. The Hall–Kier alpha value is -1.66. The zero-order chi connectivity index (χ0) is 13.2. The van der Waals surface area contributed by atoms with Gasteiger partial charge in [0.25, 0.3) is 0 Å². The van der Waals surface area contributed by atoms with E-state index < -0.39 is 0 Å². The monoisotopic (exact) mass is 247 g/mol. The minimum atomic E-state index is 0.514. The van der Waals surface area contributed by atoms with E-state index in [1.807, 2.05) is 18.2 Å². The van der Waals surface area contributed by atoms with Gasteiger partial charge in [-0.2, -0.15) is 0 Å². The first-order valence-corrected chi connectivity index (χ1v) is 6.25. The van der Waals surface area contributed by atoms with E-state index in [2.05, 4.69) is 18.2 Å². The Kier molecular flexibility index (Phi) is 6.75. The van der Waals surface area contributed by atoms with Crippen molar-refractivity contribution in [3.05, 3.63) is 23.8 Å². The lowest BCUT2D eigenvalue weighted by Crippen LogP contribution is -2.13. The van der Waals surface area contributed by atoms with Gasteiger partial charge < -0.3 is 14.8 Å². The van der Waals surface area contributed by atoms with Crippen molar-refractivity contribution >= 4 is 0 Å². The first-order chi connectivity index (χ1) is 8.81. The quantitative estimate of drug-likeness (QED) is 0.566. The van der Waals surface area contributed by atoms with Gasteiger partial charge in [-0.1, -0.05) is 13.0 Å². The molecule has 0 unspecified atom stereocenters. The molecule has 0 heterocycles. The number of nitrogens with one attached hydrogen (secondary N) is 1. The van der Waals surface area contributed by atoms with Gasteiger partial charge in [-0.05, 0) is 30.7 Å². The number of benzene rings is 1.